The number of nitrogens with one attached hydrogen (secondary N) is 2. The first kappa shape index (κ1) is 21.1. The fraction of sp³-hybridized carbons (Fsp3) is 0.400. The Hall–Kier alpha value is -3.12. The molecule has 4 unspecified atom stereocenters. The van der Waals surface area contributed by atoms with Crippen LogP contribution in [0.2, 0.25) is 0 Å². The molecule has 0 amide bonds. The van der Waals surface area contributed by atoms with Crippen molar-refractivity contribution < 1.29 is 14.9 Å². The average molecular weight is 427 g/mol. The van der Waals surface area contributed by atoms with Gasteiger partial charge in [-0.2, -0.15) is 4.98 Å². The lowest BCUT2D eigenvalue weighted by atomic mass is 10.1. The zero-order valence-corrected chi connectivity index (χ0v) is 17.2. The van der Waals surface area contributed by atoms with Crippen LogP contribution in [0.25, 0.3) is 11.2 Å². The number of rotatable bonds is 7. The summed E-state index contributed by atoms with van der Waals surface area (Å²) in [6, 6.07) is 9.20. The number of nitrogens with zero attached hydrogens (tertiary/aromatic N) is 5. The number of fused-ring (bicyclic) bond motifs is 1. The van der Waals surface area contributed by atoms with E-state index in [1.54, 1.807) is 19.0 Å². The largest absolute Gasteiger partial charge is 0.394 e. The predicted octanol–water partition coefficient (Wildman–Crippen LogP) is -0.250. The van der Waals surface area contributed by atoms with Gasteiger partial charge in [-0.3, -0.25) is 14.3 Å². The summed E-state index contributed by atoms with van der Waals surface area (Å²) in [4.78, 5) is 29.3. The van der Waals surface area contributed by atoms with Gasteiger partial charge in [0.25, 0.3) is 5.56 Å². The highest BCUT2D eigenvalue weighted by molar-refractivity contribution is 5.71. The average Bonchev–Trinajstić information content (AvgIpc) is 3.32. The monoisotopic (exact) mass is 427 g/mol. The smallest absolute Gasteiger partial charge is 0.280 e. The van der Waals surface area contributed by atoms with Crippen LogP contribution < -0.4 is 10.9 Å². The van der Waals surface area contributed by atoms with Gasteiger partial charge in [0.2, 0.25) is 5.95 Å². The van der Waals surface area contributed by atoms with Crippen LogP contribution in [0.5, 0.6) is 0 Å². The maximum Gasteiger partial charge on any atom is 0.280 e. The van der Waals surface area contributed by atoms with Crippen LogP contribution in [0, 0.1) is 0 Å². The summed E-state index contributed by atoms with van der Waals surface area (Å²) >= 11 is 0. The molecule has 1 aromatic carbocycles. The third kappa shape index (κ3) is 4.35. The van der Waals surface area contributed by atoms with E-state index < -0.39 is 30.0 Å². The second-order valence-electron chi connectivity index (χ2n) is 7.55. The van der Waals surface area contributed by atoms with Gasteiger partial charge in [-0.1, -0.05) is 30.3 Å². The van der Waals surface area contributed by atoms with Gasteiger partial charge in [0.1, 0.15) is 12.2 Å². The summed E-state index contributed by atoms with van der Waals surface area (Å²) in [6.07, 6.45) is 0.378. The Morgan fingerprint density at radius 1 is 1.35 bits per heavy atom. The number of aromatic amines is 1. The quantitative estimate of drug-likeness (QED) is 0.299. The predicted molar refractivity (Wildman–Crippen MR) is 114 cm³/mol. The van der Waals surface area contributed by atoms with Gasteiger partial charge in [0.05, 0.1) is 25.3 Å². The van der Waals surface area contributed by atoms with E-state index in [-0.39, 0.29) is 23.7 Å². The first-order chi connectivity index (χ1) is 15.0. The fourth-order valence-electron chi connectivity index (χ4n) is 3.54. The van der Waals surface area contributed by atoms with E-state index >= 15 is 0 Å². The van der Waals surface area contributed by atoms with Crippen molar-refractivity contribution in [2.75, 3.05) is 20.7 Å². The van der Waals surface area contributed by atoms with Crippen LogP contribution in [0.4, 0.5) is 5.95 Å². The lowest BCUT2D eigenvalue weighted by Gasteiger charge is -2.21. The number of hydrogen-bond acceptors (Lipinski definition) is 8. The molecule has 0 aliphatic carbocycles. The van der Waals surface area contributed by atoms with Crippen LogP contribution in [-0.2, 0) is 11.3 Å². The minimum absolute atomic E-state index is 0.109. The first-order valence-corrected chi connectivity index (χ1v) is 9.87. The summed E-state index contributed by atoms with van der Waals surface area (Å²) in [6.45, 7) is 0.222. The van der Waals surface area contributed by atoms with E-state index in [0.29, 0.717) is 6.54 Å². The molecule has 4 atom stereocenters. The maximum atomic E-state index is 12.4. The summed E-state index contributed by atoms with van der Waals surface area (Å²) in [5, 5.41) is 24.0. The summed E-state index contributed by atoms with van der Waals surface area (Å²) < 4.78 is 7.41. The molecule has 1 saturated heterocycles. The second kappa shape index (κ2) is 8.94. The van der Waals surface area contributed by atoms with Gasteiger partial charge >= 0.3 is 0 Å². The molecule has 0 saturated carbocycles. The van der Waals surface area contributed by atoms with E-state index in [4.69, 9.17) is 4.74 Å². The van der Waals surface area contributed by atoms with Gasteiger partial charge < -0.3 is 25.2 Å². The summed E-state index contributed by atoms with van der Waals surface area (Å²) in [5.74, 6) is 0.109. The minimum atomic E-state index is -1.01. The van der Waals surface area contributed by atoms with Crippen LogP contribution in [-0.4, -0.2) is 79.9 Å². The van der Waals surface area contributed by atoms with E-state index in [1.807, 2.05) is 30.3 Å². The molecule has 0 bridgehead atoms. The molecule has 3 aromatic rings. The third-order valence-corrected chi connectivity index (χ3v) is 5.04. The minimum Gasteiger partial charge on any atom is -0.394 e. The Labute approximate surface area is 178 Å². The Bertz CT molecular complexity index is 1110. The van der Waals surface area contributed by atoms with Crippen molar-refractivity contribution in [1.82, 2.24) is 29.7 Å². The zero-order chi connectivity index (χ0) is 22.0. The summed E-state index contributed by atoms with van der Waals surface area (Å²) in [7, 11) is 3.59. The van der Waals surface area contributed by atoms with Crippen molar-refractivity contribution in [1.29, 1.82) is 0 Å². The molecule has 1 aliphatic heterocycles. The van der Waals surface area contributed by atoms with E-state index in [2.05, 4.69) is 25.3 Å². The number of aliphatic hydroxyl groups excluding tert-OH is 2. The van der Waals surface area contributed by atoms with Crippen molar-refractivity contribution in [2.24, 2.45) is 4.99 Å². The molecule has 2 aromatic heterocycles. The molecule has 4 rings (SSSR count). The number of aliphatic hydroxyl groups is 2. The lowest BCUT2D eigenvalue weighted by Crippen LogP contribution is -2.45. The number of imidazole rings is 1. The van der Waals surface area contributed by atoms with Crippen molar-refractivity contribution in [3.8, 4) is 0 Å². The lowest BCUT2D eigenvalue weighted by molar-refractivity contribution is -0.0489. The molecule has 4 N–H and O–H groups in total. The number of hydrogen-bond donors (Lipinski definition) is 4. The van der Waals surface area contributed by atoms with Crippen molar-refractivity contribution in [2.45, 2.75) is 31.0 Å². The molecule has 164 valence electrons. The topological polar surface area (TPSA) is 141 Å². The van der Waals surface area contributed by atoms with Crippen LogP contribution >= 0.6 is 0 Å². The molecule has 31 heavy (non-hydrogen) atoms. The normalized spacial score (nSPS) is 23.7. The number of benzene rings is 1. The van der Waals surface area contributed by atoms with Crippen molar-refractivity contribution >= 4 is 23.5 Å². The number of H-pyrrole nitrogens is 1. The molecule has 3 heterocycles. The van der Waals surface area contributed by atoms with Gasteiger partial charge in [0.15, 0.2) is 17.4 Å². The Morgan fingerprint density at radius 2 is 2.13 bits per heavy atom. The third-order valence-electron chi connectivity index (χ3n) is 5.04. The van der Waals surface area contributed by atoms with Crippen molar-refractivity contribution in [3.05, 3.63) is 52.6 Å². The van der Waals surface area contributed by atoms with Crippen LogP contribution in [0.3, 0.4) is 0 Å². The van der Waals surface area contributed by atoms with E-state index in [9.17, 15) is 15.0 Å². The fourth-order valence-corrected chi connectivity index (χ4v) is 3.54. The molecule has 1 aliphatic rings. The molecule has 11 heteroatoms. The Kier molecular flexibility index (Phi) is 6.09. The second-order valence-corrected chi connectivity index (χ2v) is 7.55. The highest BCUT2D eigenvalue weighted by atomic mass is 16.5. The Balaban J connectivity index is 1.62. The SMILES string of the molecule is CN(C)C=Nc1nc2c(ncn2C2OC(CO)C(NCc3ccccc3)C2O)c(=O)[nH]1. The van der Waals surface area contributed by atoms with Gasteiger partial charge in [-0.05, 0) is 5.56 Å². The van der Waals surface area contributed by atoms with Crippen LogP contribution in [0.1, 0.15) is 11.8 Å². The van der Waals surface area contributed by atoms with Gasteiger partial charge in [-0.25, -0.2) is 9.98 Å². The molecule has 1 fully saturated rings. The number of ether oxygens (including phenoxy) is 1. The zero-order valence-electron chi connectivity index (χ0n) is 17.2. The standard InChI is InChI=1S/C20H25N7O4/c1-26(2)10-23-20-24-17-15(18(30)25-20)22-11-27(17)19-16(29)14(13(9-28)31-19)21-8-12-6-4-3-5-7-12/h3-7,10-11,13-14,16,19,21,28-29H,8-9H2,1-2H3,(H,24,25,30). The number of aliphatic imine (C=N–C) groups is 1. The van der Waals surface area contributed by atoms with E-state index in [1.165, 1.54) is 17.2 Å². The molecule has 11 nitrogen and oxygen atoms in total. The molecule has 0 radical (unpaired) electrons. The molecule has 0 spiro atoms. The number of aromatic nitrogens is 4. The van der Waals surface area contributed by atoms with Gasteiger partial charge in [0, 0.05) is 20.6 Å². The van der Waals surface area contributed by atoms with E-state index in [0.717, 1.165) is 5.56 Å². The highest BCUT2D eigenvalue weighted by Crippen LogP contribution is 2.31. The van der Waals surface area contributed by atoms with Crippen LogP contribution in [0.15, 0.2) is 46.4 Å². The summed E-state index contributed by atoms with van der Waals surface area (Å²) in [5.41, 5.74) is 0.944. The highest BCUT2D eigenvalue weighted by Gasteiger charge is 2.44. The Morgan fingerprint density at radius 3 is 2.84 bits per heavy atom. The van der Waals surface area contributed by atoms with Gasteiger partial charge in [-0.15, -0.1) is 0 Å². The maximum absolute atomic E-state index is 12.4. The molecular formula is C20H25N7O4. The molecular weight excluding hydrogens is 402 g/mol. The first-order valence-electron chi connectivity index (χ1n) is 9.87. The van der Waals surface area contributed by atoms with Crippen molar-refractivity contribution in [3.63, 3.8) is 0 Å².